The number of piperidine rings is 1. The number of carbonyl (C=O) groups excluding carboxylic acids is 1. The number of nitrogens with one attached hydrogen (secondary N) is 1. The standard InChI is InChI=1S/C19H23N5OS/c1-12-4-5-16-17(13(12)2)22-19(26-16)24-10-7-14(8-11-24)21-18(25)15-6-9-20-23(15)3/h4-6,9,14H,7-8,10-11H2,1-3H3,(H,21,25). The Kier molecular flexibility index (Phi) is 4.40. The predicted molar refractivity (Wildman–Crippen MR) is 105 cm³/mol. The first-order valence-corrected chi connectivity index (χ1v) is 9.75. The molecule has 0 spiro atoms. The van der Waals surface area contributed by atoms with Crippen molar-refractivity contribution in [3.8, 4) is 0 Å². The van der Waals surface area contributed by atoms with Gasteiger partial charge in [0.1, 0.15) is 5.69 Å². The van der Waals surface area contributed by atoms with Crippen LogP contribution in [0.4, 0.5) is 5.13 Å². The third-order valence-corrected chi connectivity index (χ3v) is 6.31. The Balaban J connectivity index is 1.41. The maximum atomic E-state index is 12.3. The van der Waals surface area contributed by atoms with Gasteiger partial charge < -0.3 is 10.2 Å². The van der Waals surface area contributed by atoms with Gasteiger partial charge in [0.15, 0.2) is 5.13 Å². The smallest absolute Gasteiger partial charge is 0.269 e. The lowest BCUT2D eigenvalue weighted by Gasteiger charge is -2.32. The molecule has 3 aromatic rings. The van der Waals surface area contributed by atoms with E-state index < -0.39 is 0 Å². The van der Waals surface area contributed by atoms with Crippen molar-refractivity contribution in [3.63, 3.8) is 0 Å². The first-order valence-electron chi connectivity index (χ1n) is 8.93. The van der Waals surface area contributed by atoms with Crippen LogP contribution in [0.1, 0.15) is 34.5 Å². The molecule has 26 heavy (non-hydrogen) atoms. The number of nitrogens with zero attached hydrogens (tertiary/aromatic N) is 4. The van der Waals surface area contributed by atoms with Crippen LogP contribution in [0.3, 0.4) is 0 Å². The van der Waals surface area contributed by atoms with Gasteiger partial charge in [0, 0.05) is 32.4 Å². The lowest BCUT2D eigenvalue weighted by atomic mass is 10.1. The summed E-state index contributed by atoms with van der Waals surface area (Å²) in [7, 11) is 1.79. The van der Waals surface area contributed by atoms with E-state index in [1.165, 1.54) is 15.8 Å². The van der Waals surface area contributed by atoms with E-state index in [0.29, 0.717) is 5.69 Å². The summed E-state index contributed by atoms with van der Waals surface area (Å²) in [5.41, 5.74) is 4.27. The molecule has 0 aliphatic carbocycles. The summed E-state index contributed by atoms with van der Waals surface area (Å²) >= 11 is 1.76. The highest BCUT2D eigenvalue weighted by molar-refractivity contribution is 7.22. The molecule has 136 valence electrons. The molecular formula is C19H23N5OS. The molecule has 2 aromatic heterocycles. The number of aryl methyl sites for hydroxylation is 3. The number of rotatable bonds is 3. The van der Waals surface area contributed by atoms with Crippen molar-refractivity contribution in [3.05, 3.63) is 41.2 Å². The van der Waals surface area contributed by atoms with Gasteiger partial charge in [0.25, 0.3) is 5.91 Å². The topological polar surface area (TPSA) is 63.1 Å². The number of aromatic nitrogens is 3. The minimum atomic E-state index is -0.0467. The fourth-order valence-corrected chi connectivity index (χ4v) is 4.50. The number of carbonyl (C=O) groups is 1. The van der Waals surface area contributed by atoms with E-state index in [1.54, 1.807) is 35.3 Å². The van der Waals surface area contributed by atoms with Gasteiger partial charge in [-0.2, -0.15) is 5.10 Å². The maximum Gasteiger partial charge on any atom is 0.269 e. The number of hydrogen-bond donors (Lipinski definition) is 1. The fourth-order valence-electron chi connectivity index (χ4n) is 3.42. The van der Waals surface area contributed by atoms with Crippen LogP contribution in [0.2, 0.25) is 0 Å². The Morgan fingerprint density at radius 3 is 2.69 bits per heavy atom. The van der Waals surface area contributed by atoms with Crippen molar-refractivity contribution >= 4 is 32.6 Å². The normalized spacial score (nSPS) is 15.6. The van der Waals surface area contributed by atoms with Gasteiger partial charge in [-0.05, 0) is 49.9 Å². The fraction of sp³-hybridized carbons (Fsp3) is 0.421. The quantitative estimate of drug-likeness (QED) is 0.771. The van der Waals surface area contributed by atoms with Crippen LogP contribution in [0.25, 0.3) is 10.2 Å². The van der Waals surface area contributed by atoms with Crippen LogP contribution in [0.15, 0.2) is 24.4 Å². The van der Waals surface area contributed by atoms with Crippen molar-refractivity contribution in [1.29, 1.82) is 0 Å². The molecular weight excluding hydrogens is 346 g/mol. The van der Waals surface area contributed by atoms with Crippen LogP contribution in [0, 0.1) is 13.8 Å². The molecule has 4 rings (SSSR count). The summed E-state index contributed by atoms with van der Waals surface area (Å²) < 4.78 is 2.85. The molecule has 1 N–H and O–H groups in total. The van der Waals surface area contributed by atoms with Gasteiger partial charge >= 0.3 is 0 Å². The second-order valence-electron chi connectivity index (χ2n) is 6.93. The van der Waals surface area contributed by atoms with Gasteiger partial charge in [-0.1, -0.05) is 17.4 Å². The highest BCUT2D eigenvalue weighted by Gasteiger charge is 2.24. The summed E-state index contributed by atoms with van der Waals surface area (Å²) in [5.74, 6) is -0.0467. The lowest BCUT2D eigenvalue weighted by Crippen LogP contribution is -2.45. The Hall–Kier alpha value is -2.41. The van der Waals surface area contributed by atoms with Crippen LogP contribution in [-0.4, -0.2) is 39.8 Å². The van der Waals surface area contributed by atoms with E-state index in [-0.39, 0.29) is 11.9 Å². The van der Waals surface area contributed by atoms with Crippen LogP contribution in [-0.2, 0) is 7.05 Å². The zero-order valence-corrected chi connectivity index (χ0v) is 16.1. The zero-order valence-electron chi connectivity index (χ0n) is 15.3. The molecule has 1 aromatic carbocycles. The Morgan fingerprint density at radius 2 is 2.00 bits per heavy atom. The monoisotopic (exact) mass is 369 g/mol. The highest BCUT2D eigenvalue weighted by Crippen LogP contribution is 2.33. The van der Waals surface area contributed by atoms with Gasteiger partial charge in [0.2, 0.25) is 0 Å². The largest absolute Gasteiger partial charge is 0.348 e. The molecule has 1 fully saturated rings. The highest BCUT2D eigenvalue weighted by atomic mass is 32.1. The molecule has 0 radical (unpaired) electrons. The molecule has 0 atom stereocenters. The van der Waals surface area contributed by atoms with E-state index in [9.17, 15) is 4.79 Å². The summed E-state index contributed by atoms with van der Waals surface area (Å²) in [4.78, 5) is 19.6. The van der Waals surface area contributed by atoms with Crippen molar-refractivity contribution in [1.82, 2.24) is 20.1 Å². The molecule has 1 aliphatic heterocycles. The Morgan fingerprint density at radius 1 is 1.23 bits per heavy atom. The Labute approximate surface area is 156 Å². The summed E-state index contributed by atoms with van der Waals surface area (Å²) in [5, 5.41) is 8.28. The third kappa shape index (κ3) is 3.07. The molecule has 1 saturated heterocycles. The van der Waals surface area contributed by atoms with Gasteiger partial charge in [-0.3, -0.25) is 9.48 Å². The number of benzene rings is 1. The first kappa shape index (κ1) is 17.0. The van der Waals surface area contributed by atoms with Crippen LogP contribution in [0.5, 0.6) is 0 Å². The number of thiazole rings is 1. The number of fused-ring (bicyclic) bond motifs is 1. The van der Waals surface area contributed by atoms with Gasteiger partial charge in [-0.25, -0.2) is 4.98 Å². The average molecular weight is 369 g/mol. The van der Waals surface area contributed by atoms with E-state index in [4.69, 9.17) is 4.98 Å². The molecule has 7 heteroatoms. The summed E-state index contributed by atoms with van der Waals surface area (Å²) in [6, 6.07) is 6.28. The second kappa shape index (κ2) is 6.72. The van der Waals surface area contributed by atoms with Crippen LogP contribution < -0.4 is 10.2 Å². The molecule has 3 heterocycles. The third-order valence-electron chi connectivity index (χ3n) is 5.23. The lowest BCUT2D eigenvalue weighted by molar-refractivity contribution is 0.0921. The predicted octanol–water partition coefficient (Wildman–Crippen LogP) is 3.05. The SMILES string of the molecule is Cc1ccc2sc(N3CCC(NC(=O)c4ccnn4C)CC3)nc2c1C. The molecule has 0 bridgehead atoms. The van der Waals surface area contributed by atoms with Crippen molar-refractivity contribution in [2.24, 2.45) is 7.05 Å². The minimum absolute atomic E-state index is 0.0467. The molecule has 1 aliphatic rings. The van der Waals surface area contributed by atoms with E-state index in [1.807, 2.05) is 0 Å². The van der Waals surface area contributed by atoms with E-state index in [2.05, 4.69) is 41.3 Å². The van der Waals surface area contributed by atoms with E-state index >= 15 is 0 Å². The van der Waals surface area contributed by atoms with Gasteiger partial charge in [-0.15, -0.1) is 0 Å². The van der Waals surface area contributed by atoms with E-state index in [0.717, 1.165) is 36.6 Å². The average Bonchev–Trinajstić information content (AvgIpc) is 3.25. The second-order valence-corrected chi connectivity index (χ2v) is 7.93. The molecule has 0 saturated carbocycles. The maximum absolute atomic E-state index is 12.3. The number of anilines is 1. The zero-order chi connectivity index (χ0) is 18.3. The van der Waals surface area contributed by atoms with Crippen LogP contribution >= 0.6 is 11.3 Å². The molecule has 0 unspecified atom stereocenters. The number of amides is 1. The van der Waals surface area contributed by atoms with Crippen molar-refractivity contribution in [2.75, 3.05) is 18.0 Å². The van der Waals surface area contributed by atoms with Crippen molar-refractivity contribution < 1.29 is 4.79 Å². The Bertz CT molecular complexity index is 952. The minimum Gasteiger partial charge on any atom is -0.348 e. The van der Waals surface area contributed by atoms with Crippen molar-refractivity contribution in [2.45, 2.75) is 32.7 Å². The molecule has 1 amide bonds. The summed E-state index contributed by atoms with van der Waals surface area (Å²) in [6.07, 6.45) is 3.50. The van der Waals surface area contributed by atoms with Gasteiger partial charge in [0.05, 0.1) is 10.2 Å². The number of hydrogen-bond acceptors (Lipinski definition) is 5. The molecule has 6 nitrogen and oxygen atoms in total. The summed E-state index contributed by atoms with van der Waals surface area (Å²) in [6.45, 7) is 6.09. The first-order chi connectivity index (χ1) is 12.5.